The summed E-state index contributed by atoms with van der Waals surface area (Å²) in [4.78, 5) is 2.54. The lowest BCUT2D eigenvalue weighted by atomic mass is 10.0. The first-order valence-electron chi connectivity index (χ1n) is 5.47. The maximum atomic E-state index is 3.33. The van der Waals surface area contributed by atoms with E-state index >= 15 is 0 Å². The quantitative estimate of drug-likeness (QED) is 0.752. The second-order valence-corrected chi connectivity index (χ2v) is 4.35. The van der Waals surface area contributed by atoms with Crippen LogP contribution in [0.5, 0.6) is 0 Å². The minimum absolute atomic E-state index is 0.876. The van der Waals surface area contributed by atoms with Gasteiger partial charge < -0.3 is 10.2 Å². The Balaban J connectivity index is 1.76. The minimum Gasteiger partial charge on any atom is -0.371 e. The molecule has 0 radical (unpaired) electrons. The molecule has 2 heteroatoms. The second kappa shape index (κ2) is 3.28. The zero-order valence-corrected chi connectivity index (χ0v) is 8.37. The fraction of sp³-hybridized carbons (Fsp3) is 0.500. The first kappa shape index (κ1) is 8.30. The lowest BCUT2D eigenvalue weighted by Crippen LogP contribution is -2.48. The van der Waals surface area contributed by atoms with Gasteiger partial charge in [0, 0.05) is 37.8 Å². The number of hydrogen-bond donors (Lipinski definition) is 1. The van der Waals surface area contributed by atoms with Gasteiger partial charge in [0.2, 0.25) is 0 Å². The van der Waals surface area contributed by atoms with Crippen LogP contribution in [-0.4, -0.2) is 26.2 Å². The fourth-order valence-corrected chi connectivity index (χ4v) is 2.39. The van der Waals surface area contributed by atoms with Crippen molar-refractivity contribution in [2.75, 3.05) is 31.1 Å². The van der Waals surface area contributed by atoms with E-state index < -0.39 is 0 Å². The fourth-order valence-electron chi connectivity index (χ4n) is 2.39. The summed E-state index contributed by atoms with van der Waals surface area (Å²) in [6, 6.07) is 8.81. The Labute approximate surface area is 84.9 Å². The molecule has 2 aliphatic heterocycles. The lowest BCUT2D eigenvalue weighted by Gasteiger charge is -2.32. The summed E-state index contributed by atoms with van der Waals surface area (Å²) in [5.74, 6) is 0.876. The summed E-state index contributed by atoms with van der Waals surface area (Å²) in [5.41, 5.74) is 3.00. The Morgan fingerprint density at radius 2 is 2.14 bits per heavy atom. The van der Waals surface area contributed by atoms with Crippen LogP contribution in [0.1, 0.15) is 5.56 Å². The van der Waals surface area contributed by atoms with E-state index in [4.69, 9.17) is 0 Å². The molecule has 0 aromatic heterocycles. The SMILES string of the molecule is c1ccc2c(c1)CCN2CC1CNC1. The summed E-state index contributed by atoms with van der Waals surface area (Å²) in [6.45, 7) is 4.87. The number of anilines is 1. The number of rotatable bonds is 2. The third kappa shape index (κ3) is 1.30. The Bertz CT molecular complexity index is 331. The van der Waals surface area contributed by atoms with Crippen molar-refractivity contribution in [3.05, 3.63) is 29.8 Å². The van der Waals surface area contributed by atoms with Crippen LogP contribution in [0, 0.1) is 5.92 Å². The number of hydrogen-bond acceptors (Lipinski definition) is 2. The summed E-state index contributed by atoms with van der Waals surface area (Å²) < 4.78 is 0. The molecule has 1 fully saturated rings. The highest BCUT2D eigenvalue weighted by Gasteiger charge is 2.24. The van der Waals surface area contributed by atoms with Gasteiger partial charge in [-0.1, -0.05) is 18.2 Å². The molecule has 0 aliphatic carbocycles. The number of para-hydroxylation sites is 1. The van der Waals surface area contributed by atoms with Gasteiger partial charge in [-0.15, -0.1) is 0 Å². The number of nitrogens with zero attached hydrogens (tertiary/aromatic N) is 1. The van der Waals surface area contributed by atoms with E-state index in [-0.39, 0.29) is 0 Å². The minimum atomic E-state index is 0.876. The van der Waals surface area contributed by atoms with Gasteiger partial charge in [-0.05, 0) is 18.1 Å². The van der Waals surface area contributed by atoms with Crippen molar-refractivity contribution < 1.29 is 0 Å². The predicted octanol–water partition coefficient (Wildman–Crippen LogP) is 1.27. The zero-order valence-electron chi connectivity index (χ0n) is 8.37. The molecule has 0 spiro atoms. The van der Waals surface area contributed by atoms with Gasteiger partial charge in [0.25, 0.3) is 0 Å². The number of benzene rings is 1. The normalized spacial score (nSPS) is 20.7. The van der Waals surface area contributed by atoms with Gasteiger partial charge in [0.05, 0.1) is 0 Å². The smallest absolute Gasteiger partial charge is 0.0399 e. The maximum absolute atomic E-state index is 3.33. The molecular weight excluding hydrogens is 172 g/mol. The summed E-state index contributed by atoms with van der Waals surface area (Å²) in [5, 5.41) is 3.33. The van der Waals surface area contributed by atoms with Gasteiger partial charge in [-0.3, -0.25) is 0 Å². The van der Waals surface area contributed by atoms with Crippen molar-refractivity contribution in [1.29, 1.82) is 0 Å². The van der Waals surface area contributed by atoms with Crippen molar-refractivity contribution in [3.8, 4) is 0 Å². The van der Waals surface area contributed by atoms with Crippen molar-refractivity contribution in [3.63, 3.8) is 0 Å². The molecule has 2 nitrogen and oxygen atoms in total. The summed E-state index contributed by atoms with van der Waals surface area (Å²) in [7, 11) is 0. The van der Waals surface area contributed by atoms with Crippen LogP contribution in [0.25, 0.3) is 0 Å². The highest BCUT2D eigenvalue weighted by atomic mass is 15.2. The molecule has 0 amide bonds. The molecule has 0 unspecified atom stereocenters. The Kier molecular flexibility index (Phi) is 1.95. The molecular formula is C12H16N2. The average Bonchev–Trinajstić information content (AvgIpc) is 2.55. The molecule has 1 saturated heterocycles. The van der Waals surface area contributed by atoms with Gasteiger partial charge >= 0.3 is 0 Å². The molecule has 1 aromatic carbocycles. The number of fused-ring (bicyclic) bond motifs is 1. The molecule has 0 bridgehead atoms. The average molecular weight is 188 g/mol. The van der Waals surface area contributed by atoms with Gasteiger partial charge in [0.15, 0.2) is 0 Å². The van der Waals surface area contributed by atoms with Crippen LogP contribution in [-0.2, 0) is 6.42 Å². The van der Waals surface area contributed by atoms with Gasteiger partial charge in [-0.25, -0.2) is 0 Å². The molecule has 14 heavy (non-hydrogen) atoms. The molecule has 0 saturated carbocycles. The standard InChI is InChI=1S/C12H16N2/c1-2-4-12-11(3-1)5-6-14(12)9-10-7-13-8-10/h1-4,10,13H,5-9H2. The Morgan fingerprint density at radius 3 is 2.93 bits per heavy atom. The third-order valence-electron chi connectivity index (χ3n) is 3.33. The van der Waals surface area contributed by atoms with Crippen molar-refractivity contribution >= 4 is 5.69 Å². The van der Waals surface area contributed by atoms with E-state index in [1.807, 2.05) is 0 Å². The van der Waals surface area contributed by atoms with E-state index in [9.17, 15) is 0 Å². The maximum Gasteiger partial charge on any atom is 0.0399 e. The van der Waals surface area contributed by atoms with Crippen molar-refractivity contribution in [1.82, 2.24) is 5.32 Å². The van der Waals surface area contributed by atoms with Crippen LogP contribution in [0.15, 0.2) is 24.3 Å². The molecule has 2 heterocycles. The lowest BCUT2D eigenvalue weighted by molar-refractivity contribution is 0.350. The van der Waals surface area contributed by atoms with E-state index in [1.54, 1.807) is 0 Å². The molecule has 74 valence electrons. The largest absolute Gasteiger partial charge is 0.371 e. The summed E-state index contributed by atoms with van der Waals surface area (Å²) >= 11 is 0. The van der Waals surface area contributed by atoms with Gasteiger partial charge in [0.1, 0.15) is 0 Å². The molecule has 1 N–H and O–H groups in total. The van der Waals surface area contributed by atoms with Crippen LogP contribution in [0.3, 0.4) is 0 Å². The first-order chi connectivity index (χ1) is 6.93. The van der Waals surface area contributed by atoms with Crippen molar-refractivity contribution in [2.24, 2.45) is 5.92 Å². The highest BCUT2D eigenvalue weighted by molar-refractivity contribution is 5.57. The summed E-state index contributed by atoms with van der Waals surface area (Å²) in [6.07, 6.45) is 1.23. The highest BCUT2D eigenvalue weighted by Crippen LogP contribution is 2.28. The molecule has 2 aliphatic rings. The van der Waals surface area contributed by atoms with E-state index in [2.05, 4.69) is 34.5 Å². The second-order valence-electron chi connectivity index (χ2n) is 4.35. The topological polar surface area (TPSA) is 15.3 Å². The Hall–Kier alpha value is -1.02. The number of nitrogens with one attached hydrogen (secondary N) is 1. The predicted molar refractivity (Wildman–Crippen MR) is 58.7 cm³/mol. The monoisotopic (exact) mass is 188 g/mol. The molecule has 3 rings (SSSR count). The van der Waals surface area contributed by atoms with E-state index in [0.29, 0.717) is 0 Å². The van der Waals surface area contributed by atoms with Crippen molar-refractivity contribution in [2.45, 2.75) is 6.42 Å². The zero-order chi connectivity index (χ0) is 9.38. The van der Waals surface area contributed by atoms with E-state index in [1.165, 1.54) is 43.9 Å². The molecule has 1 aromatic rings. The Morgan fingerprint density at radius 1 is 1.29 bits per heavy atom. The van der Waals surface area contributed by atoms with Crippen LogP contribution >= 0.6 is 0 Å². The first-order valence-corrected chi connectivity index (χ1v) is 5.47. The van der Waals surface area contributed by atoms with Gasteiger partial charge in [-0.2, -0.15) is 0 Å². The van der Waals surface area contributed by atoms with E-state index in [0.717, 1.165) is 5.92 Å². The van der Waals surface area contributed by atoms with Crippen LogP contribution in [0.2, 0.25) is 0 Å². The molecule has 0 atom stereocenters. The van der Waals surface area contributed by atoms with Crippen LogP contribution in [0.4, 0.5) is 5.69 Å². The third-order valence-corrected chi connectivity index (χ3v) is 3.33. The van der Waals surface area contributed by atoms with Crippen LogP contribution < -0.4 is 10.2 Å².